The van der Waals surface area contributed by atoms with Crippen molar-refractivity contribution in [3.63, 3.8) is 0 Å². The molecule has 0 aliphatic carbocycles. The van der Waals surface area contributed by atoms with Gasteiger partial charge in [-0.25, -0.2) is 4.39 Å². The highest BCUT2D eigenvalue weighted by Crippen LogP contribution is 2.35. The second kappa shape index (κ2) is 4.97. The number of para-hydroxylation sites is 1. The fourth-order valence-corrected chi connectivity index (χ4v) is 2.28. The average molecular weight is 249 g/mol. The molecule has 2 aromatic rings. The van der Waals surface area contributed by atoms with Crippen LogP contribution in [-0.2, 0) is 0 Å². The molecule has 0 aliphatic heterocycles. The van der Waals surface area contributed by atoms with E-state index in [0.29, 0.717) is 9.79 Å². The lowest BCUT2D eigenvalue weighted by Gasteiger charge is -2.03. The molecule has 0 atom stereocenters. The molecular weight excluding hydrogens is 241 g/mol. The van der Waals surface area contributed by atoms with Crippen LogP contribution in [-0.4, -0.2) is 4.92 Å². The van der Waals surface area contributed by atoms with Crippen LogP contribution >= 0.6 is 11.8 Å². The summed E-state index contributed by atoms with van der Waals surface area (Å²) in [5.41, 5.74) is -0.0132. The van der Waals surface area contributed by atoms with Crippen molar-refractivity contribution in [1.82, 2.24) is 0 Å². The Morgan fingerprint density at radius 3 is 2.24 bits per heavy atom. The minimum Gasteiger partial charge on any atom is -0.258 e. The standard InChI is InChI=1S/C12H8FNO2S/c13-9-5-1-3-7-11(9)17-12-8-4-2-6-10(12)14(15)16/h1-8H. The van der Waals surface area contributed by atoms with E-state index in [1.165, 1.54) is 12.1 Å². The first-order valence-corrected chi connectivity index (χ1v) is 5.66. The molecule has 0 saturated heterocycles. The lowest BCUT2D eigenvalue weighted by molar-refractivity contribution is -0.387. The predicted molar refractivity (Wildman–Crippen MR) is 63.6 cm³/mol. The van der Waals surface area contributed by atoms with Gasteiger partial charge in [-0.3, -0.25) is 10.1 Å². The van der Waals surface area contributed by atoms with Crippen LogP contribution in [0.4, 0.5) is 10.1 Å². The zero-order valence-corrected chi connectivity index (χ0v) is 9.49. The van der Waals surface area contributed by atoms with Gasteiger partial charge in [0.25, 0.3) is 5.69 Å². The highest BCUT2D eigenvalue weighted by molar-refractivity contribution is 7.99. The Hall–Kier alpha value is -1.88. The van der Waals surface area contributed by atoms with Gasteiger partial charge in [-0.05, 0) is 18.2 Å². The lowest BCUT2D eigenvalue weighted by Crippen LogP contribution is -1.90. The summed E-state index contributed by atoms with van der Waals surface area (Å²) in [6.07, 6.45) is 0. The van der Waals surface area contributed by atoms with Gasteiger partial charge in [-0.15, -0.1) is 0 Å². The molecule has 0 heterocycles. The molecule has 5 heteroatoms. The van der Waals surface area contributed by atoms with Gasteiger partial charge >= 0.3 is 0 Å². The highest BCUT2D eigenvalue weighted by atomic mass is 32.2. The van der Waals surface area contributed by atoms with Crippen molar-refractivity contribution in [1.29, 1.82) is 0 Å². The number of rotatable bonds is 3. The number of hydrogen-bond donors (Lipinski definition) is 0. The Labute approximate surface area is 101 Å². The van der Waals surface area contributed by atoms with Crippen LogP contribution in [0.15, 0.2) is 58.3 Å². The first kappa shape index (κ1) is 11.6. The minimum absolute atomic E-state index is 0.0132. The van der Waals surface area contributed by atoms with Crippen molar-refractivity contribution in [2.45, 2.75) is 9.79 Å². The van der Waals surface area contributed by atoms with Crippen LogP contribution in [0.2, 0.25) is 0 Å². The van der Waals surface area contributed by atoms with E-state index in [1.54, 1.807) is 36.4 Å². The van der Waals surface area contributed by atoms with Crippen LogP contribution in [0.5, 0.6) is 0 Å². The number of nitro groups is 1. The predicted octanol–water partition coefficient (Wildman–Crippen LogP) is 3.89. The number of benzene rings is 2. The Morgan fingerprint density at radius 2 is 1.59 bits per heavy atom. The molecule has 0 aliphatic rings. The molecule has 0 saturated carbocycles. The van der Waals surface area contributed by atoms with Gasteiger partial charge < -0.3 is 0 Å². The lowest BCUT2D eigenvalue weighted by atomic mass is 10.3. The molecule has 0 bridgehead atoms. The van der Waals surface area contributed by atoms with Crippen LogP contribution in [0.3, 0.4) is 0 Å². The smallest absolute Gasteiger partial charge is 0.258 e. The van der Waals surface area contributed by atoms with E-state index in [2.05, 4.69) is 0 Å². The maximum Gasteiger partial charge on any atom is 0.283 e. The van der Waals surface area contributed by atoms with Gasteiger partial charge in [-0.2, -0.15) is 0 Å². The maximum absolute atomic E-state index is 13.4. The van der Waals surface area contributed by atoms with E-state index < -0.39 is 4.92 Å². The summed E-state index contributed by atoms with van der Waals surface area (Å²) in [6.45, 7) is 0. The number of nitrogens with zero attached hydrogens (tertiary/aromatic N) is 1. The third kappa shape index (κ3) is 2.62. The second-order valence-corrected chi connectivity index (χ2v) is 4.34. The molecule has 2 rings (SSSR count). The van der Waals surface area contributed by atoms with Crippen LogP contribution in [0, 0.1) is 15.9 Å². The van der Waals surface area contributed by atoms with E-state index in [4.69, 9.17) is 0 Å². The molecule has 0 fully saturated rings. The molecule has 0 aromatic heterocycles. The van der Waals surface area contributed by atoms with Crippen molar-refractivity contribution in [3.8, 4) is 0 Å². The molecule has 0 radical (unpaired) electrons. The summed E-state index contributed by atoms with van der Waals surface area (Å²) >= 11 is 1.05. The minimum atomic E-state index is -0.469. The molecule has 2 aromatic carbocycles. The Bertz CT molecular complexity index is 560. The van der Waals surface area contributed by atoms with Gasteiger partial charge in [0.2, 0.25) is 0 Å². The summed E-state index contributed by atoms with van der Waals surface area (Å²) < 4.78 is 13.4. The van der Waals surface area contributed by atoms with Crippen molar-refractivity contribution in [2.24, 2.45) is 0 Å². The van der Waals surface area contributed by atoms with Gasteiger partial charge in [0.05, 0.1) is 9.82 Å². The summed E-state index contributed by atoms with van der Waals surface area (Å²) in [6, 6.07) is 12.5. The third-order valence-electron chi connectivity index (χ3n) is 2.12. The van der Waals surface area contributed by atoms with Gasteiger partial charge in [0.15, 0.2) is 0 Å². The van der Waals surface area contributed by atoms with Crippen LogP contribution in [0.1, 0.15) is 0 Å². The molecule has 0 amide bonds. The zero-order valence-electron chi connectivity index (χ0n) is 8.67. The zero-order chi connectivity index (χ0) is 12.3. The highest BCUT2D eigenvalue weighted by Gasteiger charge is 2.14. The Balaban J connectivity index is 2.37. The normalized spacial score (nSPS) is 10.2. The Morgan fingerprint density at radius 1 is 1.00 bits per heavy atom. The molecule has 0 spiro atoms. The fraction of sp³-hybridized carbons (Fsp3) is 0. The molecule has 0 N–H and O–H groups in total. The third-order valence-corrected chi connectivity index (χ3v) is 3.23. The summed E-state index contributed by atoms with van der Waals surface area (Å²) in [5, 5.41) is 10.8. The van der Waals surface area contributed by atoms with E-state index >= 15 is 0 Å². The summed E-state index contributed by atoms with van der Waals surface area (Å²) in [5.74, 6) is -0.379. The van der Waals surface area contributed by atoms with E-state index in [0.717, 1.165) is 11.8 Å². The van der Waals surface area contributed by atoms with E-state index in [1.807, 2.05) is 0 Å². The SMILES string of the molecule is O=[N+]([O-])c1ccccc1Sc1ccccc1F. The number of hydrogen-bond acceptors (Lipinski definition) is 3. The second-order valence-electron chi connectivity index (χ2n) is 3.26. The van der Waals surface area contributed by atoms with Crippen molar-refractivity contribution in [2.75, 3.05) is 0 Å². The topological polar surface area (TPSA) is 43.1 Å². The molecule has 3 nitrogen and oxygen atoms in total. The largest absolute Gasteiger partial charge is 0.283 e. The first-order chi connectivity index (χ1) is 8.18. The number of nitro benzene ring substituents is 1. The van der Waals surface area contributed by atoms with Gasteiger partial charge in [-0.1, -0.05) is 36.0 Å². The molecule has 17 heavy (non-hydrogen) atoms. The monoisotopic (exact) mass is 249 g/mol. The quantitative estimate of drug-likeness (QED) is 0.612. The van der Waals surface area contributed by atoms with Crippen molar-refractivity contribution < 1.29 is 9.31 Å². The number of halogens is 1. The molecule has 86 valence electrons. The summed E-state index contributed by atoms with van der Waals surface area (Å²) in [7, 11) is 0. The molecule has 0 unspecified atom stereocenters. The summed E-state index contributed by atoms with van der Waals surface area (Å²) in [4.78, 5) is 11.1. The van der Waals surface area contributed by atoms with Gasteiger partial charge in [0, 0.05) is 11.0 Å². The van der Waals surface area contributed by atoms with Gasteiger partial charge in [0.1, 0.15) is 5.82 Å². The maximum atomic E-state index is 13.4. The van der Waals surface area contributed by atoms with Crippen molar-refractivity contribution in [3.05, 3.63) is 64.5 Å². The Kier molecular flexibility index (Phi) is 3.39. The fourth-order valence-electron chi connectivity index (χ4n) is 1.34. The molecular formula is C12H8FNO2S. The van der Waals surface area contributed by atoms with E-state index in [9.17, 15) is 14.5 Å². The van der Waals surface area contributed by atoms with E-state index in [-0.39, 0.29) is 11.5 Å². The van der Waals surface area contributed by atoms with Crippen molar-refractivity contribution >= 4 is 17.4 Å². The van der Waals surface area contributed by atoms with Crippen LogP contribution in [0.25, 0.3) is 0 Å². The first-order valence-electron chi connectivity index (χ1n) is 4.84. The average Bonchev–Trinajstić information content (AvgIpc) is 2.32. The van der Waals surface area contributed by atoms with Crippen LogP contribution < -0.4 is 0 Å².